The SMILES string of the molecule is CCCCCCNC1(CCl)CCCC1. The summed E-state index contributed by atoms with van der Waals surface area (Å²) in [4.78, 5) is 0. The monoisotopic (exact) mass is 217 g/mol. The lowest BCUT2D eigenvalue weighted by Crippen LogP contribution is -2.44. The van der Waals surface area contributed by atoms with Crippen molar-refractivity contribution in [1.29, 1.82) is 0 Å². The highest BCUT2D eigenvalue weighted by Gasteiger charge is 2.31. The molecule has 1 rings (SSSR count). The molecule has 1 saturated carbocycles. The van der Waals surface area contributed by atoms with Crippen LogP contribution in [0.5, 0.6) is 0 Å². The highest BCUT2D eigenvalue weighted by Crippen LogP contribution is 2.30. The van der Waals surface area contributed by atoms with Crippen LogP contribution in [0.1, 0.15) is 58.3 Å². The topological polar surface area (TPSA) is 12.0 Å². The van der Waals surface area contributed by atoms with Crippen molar-refractivity contribution in [2.75, 3.05) is 12.4 Å². The van der Waals surface area contributed by atoms with Crippen molar-refractivity contribution < 1.29 is 0 Å². The van der Waals surface area contributed by atoms with Crippen LogP contribution in [0.2, 0.25) is 0 Å². The first-order valence-electron chi connectivity index (χ1n) is 6.14. The predicted molar refractivity (Wildman–Crippen MR) is 64.1 cm³/mol. The average molecular weight is 218 g/mol. The Kier molecular flexibility index (Phi) is 5.88. The Morgan fingerprint density at radius 1 is 1.14 bits per heavy atom. The van der Waals surface area contributed by atoms with Crippen LogP contribution in [0, 0.1) is 0 Å². The number of hydrogen-bond donors (Lipinski definition) is 1. The molecule has 2 heteroatoms. The van der Waals surface area contributed by atoms with Crippen LogP contribution in [-0.4, -0.2) is 18.0 Å². The second-order valence-corrected chi connectivity index (χ2v) is 4.88. The van der Waals surface area contributed by atoms with Crippen molar-refractivity contribution in [3.05, 3.63) is 0 Å². The Balaban J connectivity index is 2.08. The lowest BCUT2D eigenvalue weighted by atomic mass is 10.00. The van der Waals surface area contributed by atoms with Gasteiger partial charge in [-0.15, -0.1) is 11.6 Å². The van der Waals surface area contributed by atoms with E-state index in [9.17, 15) is 0 Å². The first-order chi connectivity index (χ1) is 6.83. The molecule has 0 amide bonds. The molecular formula is C12H24ClN. The van der Waals surface area contributed by atoms with Gasteiger partial charge in [0.2, 0.25) is 0 Å². The van der Waals surface area contributed by atoms with Gasteiger partial charge in [-0.3, -0.25) is 0 Å². The highest BCUT2D eigenvalue weighted by molar-refractivity contribution is 6.18. The van der Waals surface area contributed by atoms with Crippen LogP contribution in [0.15, 0.2) is 0 Å². The smallest absolute Gasteiger partial charge is 0.0406 e. The molecule has 14 heavy (non-hydrogen) atoms. The average Bonchev–Trinajstić information content (AvgIpc) is 2.67. The molecule has 0 aromatic carbocycles. The fourth-order valence-electron chi connectivity index (χ4n) is 2.31. The van der Waals surface area contributed by atoms with E-state index in [0.29, 0.717) is 5.54 Å². The van der Waals surface area contributed by atoms with Crippen molar-refractivity contribution in [3.8, 4) is 0 Å². The molecule has 0 bridgehead atoms. The fourth-order valence-corrected chi connectivity index (χ4v) is 2.68. The molecule has 0 aliphatic heterocycles. The van der Waals surface area contributed by atoms with E-state index in [2.05, 4.69) is 12.2 Å². The van der Waals surface area contributed by atoms with Crippen molar-refractivity contribution in [1.82, 2.24) is 5.32 Å². The molecule has 84 valence electrons. The normalized spacial score (nSPS) is 20.1. The van der Waals surface area contributed by atoms with E-state index in [1.165, 1.54) is 51.4 Å². The van der Waals surface area contributed by atoms with Gasteiger partial charge >= 0.3 is 0 Å². The Hall–Kier alpha value is 0.250. The van der Waals surface area contributed by atoms with E-state index < -0.39 is 0 Å². The largest absolute Gasteiger partial charge is 0.310 e. The Morgan fingerprint density at radius 2 is 1.86 bits per heavy atom. The number of rotatable bonds is 7. The van der Waals surface area contributed by atoms with Crippen LogP contribution in [-0.2, 0) is 0 Å². The summed E-state index contributed by atoms with van der Waals surface area (Å²) in [5.74, 6) is 0.792. The number of unbranched alkanes of at least 4 members (excludes halogenated alkanes) is 3. The summed E-state index contributed by atoms with van der Waals surface area (Å²) in [6, 6.07) is 0. The van der Waals surface area contributed by atoms with E-state index in [4.69, 9.17) is 11.6 Å². The van der Waals surface area contributed by atoms with Gasteiger partial charge in [-0.1, -0.05) is 39.0 Å². The van der Waals surface area contributed by atoms with Gasteiger partial charge in [0.15, 0.2) is 0 Å². The van der Waals surface area contributed by atoms with Crippen LogP contribution in [0.3, 0.4) is 0 Å². The molecule has 0 atom stereocenters. The number of alkyl halides is 1. The molecule has 1 fully saturated rings. The Bertz CT molecular complexity index is 141. The van der Waals surface area contributed by atoms with Crippen LogP contribution < -0.4 is 5.32 Å². The summed E-state index contributed by atoms with van der Waals surface area (Å²) >= 11 is 6.04. The zero-order chi connectivity index (χ0) is 10.3. The quantitative estimate of drug-likeness (QED) is 0.507. The molecule has 1 aliphatic carbocycles. The minimum absolute atomic E-state index is 0.299. The molecule has 0 aromatic rings. The molecule has 1 aliphatic rings. The molecule has 0 saturated heterocycles. The summed E-state index contributed by atoms with van der Waals surface area (Å²) < 4.78 is 0. The zero-order valence-electron chi connectivity index (χ0n) is 9.45. The Labute approximate surface area is 93.6 Å². The highest BCUT2D eigenvalue weighted by atomic mass is 35.5. The molecule has 0 aromatic heterocycles. The third kappa shape index (κ3) is 3.78. The first kappa shape index (κ1) is 12.3. The summed E-state index contributed by atoms with van der Waals surface area (Å²) in [7, 11) is 0. The minimum atomic E-state index is 0.299. The second-order valence-electron chi connectivity index (χ2n) is 4.61. The maximum Gasteiger partial charge on any atom is 0.0406 e. The lowest BCUT2D eigenvalue weighted by molar-refractivity contribution is 0.365. The van der Waals surface area contributed by atoms with Crippen LogP contribution in [0.25, 0.3) is 0 Å². The summed E-state index contributed by atoms with van der Waals surface area (Å²) in [5, 5.41) is 3.67. The van der Waals surface area contributed by atoms with Gasteiger partial charge in [0.1, 0.15) is 0 Å². The van der Waals surface area contributed by atoms with E-state index in [1.807, 2.05) is 0 Å². The maximum atomic E-state index is 6.04. The molecule has 1 nitrogen and oxygen atoms in total. The van der Waals surface area contributed by atoms with E-state index >= 15 is 0 Å². The van der Waals surface area contributed by atoms with Gasteiger partial charge in [-0.05, 0) is 25.8 Å². The third-order valence-corrected chi connectivity index (χ3v) is 3.86. The van der Waals surface area contributed by atoms with E-state index in [0.717, 1.165) is 12.4 Å². The summed E-state index contributed by atoms with van der Waals surface area (Å²) in [5.41, 5.74) is 0.299. The maximum absolute atomic E-state index is 6.04. The van der Waals surface area contributed by atoms with E-state index in [-0.39, 0.29) is 0 Å². The number of hydrogen-bond acceptors (Lipinski definition) is 1. The fraction of sp³-hybridized carbons (Fsp3) is 1.00. The molecule has 0 radical (unpaired) electrons. The predicted octanol–water partition coefficient (Wildman–Crippen LogP) is 3.71. The van der Waals surface area contributed by atoms with Gasteiger partial charge in [0.25, 0.3) is 0 Å². The third-order valence-electron chi connectivity index (χ3n) is 3.35. The minimum Gasteiger partial charge on any atom is -0.310 e. The van der Waals surface area contributed by atoms with Gasteiger partial charge in [-0.2, -0.15) is 0 Å². The first-order valence-corrected chi connectivity index (χ1v) is 6.67. The molecule has 0 spiro atoms. The Morgan fingerprint density at radius 3 is 2.43 bits per heavy atom. The van der Waals surface area contributed by atoms with Gasteiger partial charge in [0, 0.05) is 11.4 Å². The van der Waals surface area contributed by atoms with Crippen molar-refractivity contribution >= 4 is 11.6 Å². The molecular weight excluding hydrogens is 194 g/mol. The van der Waals surface area contributed by atoms with Crippen LogP contribution >= 0.6 is 11.6 Å². The van der Waals surface area contributed by atoms with Crippen LogP contribution in [0.4, 0.5) is 0 Å². The van der Waals surface area contributed by atoms with Crippen molar-refractivity contribution in [2.24, 2.45) is 0 Å². The van der Waals surface area contributed by atoms with Gasteiger partial charge < -0.3 is 5.32 Å². The molecule has 1 N–H and O–H groups in total. The van der Waals surface area contributed by atoms with Crippen molar-refractivity contribution in [3.63, 3.8) is 0 Å². The van der Waals surface area contributed by atoms with Gasteiger partial charge in [0.05, 0.1) is 0 Å². The summed E-state index contributed by atoms with van der Waals surface area (Å²) in [6.07, 6.45) is 10.6. The number of nitrogens with one attached hydrogen (secondary N) is 1. The van der Waals surface area contributed by atoms with Crippen molar-refractivity contribution in [2.45, 2.75) is 63.8 Å². The zero-order valence-corrected chi connectivity index (χ0v) is 10.2. The van der Waals surface area contributed by atoms with E-state index in [1.54, 1.807) is 0 Å². The van der Waals surface area contributed by atoms with Gasteiger partial charge in [-0.25, -0.2) is 0 Å². The molecule has 0 unspecified atom stereocenters. The molecule has 0 heterocycles. The second kappa shape index (κ2) is 6.68. The number of halogens is 1. The standard InChI is InChI=1S/C12H24ClN/c1-2-3-4-7-10-14-12(11-13)8-5-6-9-12/h14H,2-11H2,1H3. The summed E-state index contributed by atoms with van der Waals surface area (Å²) in [6.45, 7) is 3.41. The lowest BCUT2D eigenvalue weighted by Gasteiger charge is -2.28.